The molecule has 5 heteroatoms. The number of hydrogen-bond donors (Lipinski definition) is 2. The highest BCUT2D eigenvalue weighted by Crippen LogP contribution is 2.23. The number of nitrogens with one attached hydrogen (secondary N) is 1. The van der Waals surface area contributed by atoms with Gasteiger partial charge in [0.25, 0.3) is 0 Å². The summed E-state index contributed by atoms with van der Waals surface area (Å²) in [5, 5.41) is 11.7. The van der Waals surface area contributed by atoms with E-state index in [9.17, 15) is 4.79 Å². The maximum atomic E-state index is 11.7. The summed E-state index contributed by atoms with van der Waals surface area (Å²) >= 11 is 4.97. The first kappa shape index (κ1) is 16.4. The number of carbonyl (C=O) groups is 1. The van der Waals surface area contributed by atoms with Gasteiger partial charge in [-0.25, -0.2) is 0 Å². The summed E-state index contributed by atoms with van der Waals surface area (Å²) in [6.07, 6.45) is 5.03. The smallest absolute Gasteiger partial charge is 0.244 e. The van der Waals surface area contributed by atoms with Crippen molar-refractivity contribution in [3.8, 4) is 0 Å². The van der Waals surface area contributed by atoms with Crippen molar-refractivity contribution in [2.45, 2.75) is 26.7 Å². The molecule has 0 saturated carbocycles. The summed E-state index contributed by atoms with van der Waals surface area (Å²) in [6.45, 7) is 4.99. The molecule has 19 heavy (non-hydrogen) atoms. The van der Waals surface area contributed by atoms with E-state index in [4.69, 9.17) is 5.11 Å². The van der Waals surface area contributed by atoms with Gasteiger partial charge in [0.05, 0.1) is 3.79 Å². The van der Waals surface area contributed by atoms with E-state index in [0.29, 0.717) is 6.54 Å². The van der Waals surface area contributed by atoms with Gasteiger partial charge in [0.2, 0.25) is 5.91 Å². The van der Waals surface area contributed by atoms with Gasteiger partial charge in [-0.2, -0.15) is 0 Å². The molecule has 1 amide bonds. The molecule has 0 aromatic carbocycles. The van der Waals surface area contributed by atoms with Gasteiger partial charge in [0, 0.05) is 24.1 Å². The average molecular weight is 346 g/mol. The number of amides is 1. The molecule has 0 atom stereocenters. The van der Waals surface area contributed by atoms with E-state index in [1.807, 2.05) is 18.2 Å². The molecule has 0 saturated heterocycles. The second kappa shape index (κ2) is 7.82. The summed E-state index contributed by atoms with van der Waals surface area (Å²) < 4.78 is 1.05. The number of carbonyl (C=O) groups excluding carboxylic acids is 1. The molecule has 0 radical (unpaired) electrons. The van der Waals surface area contributed by atoms with Crippen LogP contribution in [-0.2, 0) is 4.79 Å². The molecule has 0 bridgehead atoms. The highest BCUT2D eigenvalue weighted by Gasteiger charge is 2.17. The van der Waals surface area contributed by atoms with Gasteiger partial charge in [0.1, 0.15) is 0 Å². The van der Waals surface area contributed by atoms with Gasteiger partial charge in [0.15, 0.2) is 0 Å². The number of halogens is 1. The highest BCUT2D eigenvalue weighted by molar-refractivity contribution is 9.11. The second-order valence-corrected chi connectivity index (χ2v) is 7.68. The highest BCUT2D eigenvalue weighted by atomic mass is 79.9. The van der Waals surface area contributed by atoms with E-state index in [1.165, 1.54) is 0 Å². The van der Waals surface area contributed by atoms with Gasteiger partial charge < -0.3 is 10.4 Å². The lowest BCUT2D eigenvalue weighted by Gasteiger charge is -2.24. The molecule has 1 aromatic heterocycles. The van der Waals surface area contributed by atoms with Gasteiger partial charge >= 0.3 is 0 Å². The van der Waals surface area contributed by atoms with Crippen LogP contribution in [0.3, 0.4) is 0 Å². The number of aliphatic hydroxyl groups excluding tert-OH is 1. The number of hydrogen-bond acceptors (Lipinski definition) is 3. The minimum absolute atomic E-state index is 0.0121. The molecule has 0 spiro atoms. The van der Waals surface area contributed by atoms with Crippen LogP contribution in [-0.4, -0.2) is 24.2 Å². The molecule has 106 valence electrons. The first-order valence-electron chi connectivity index (χ1n) is 6.25. The quantitative estimate of drug-likeness (QED) is 0.743. The molecule has 0 fully saturated rings. The van der Waals surface area contributed by atoms with E-state index >= 15 is 0 Å². The van der Waals surface area contributed by atoms with E-state index in [0.717, 1.165) is 21.5 Å². The molecule has 1 heterocycles. The fourth-order valence-corrected chi connectivity index (χ4v) is 2.93. The van der Waals surface area contributed by atoms with E-state index in [-0.39, 0.29) is 17.9 Å². The Morgan fingerprint density at radius 1 is 1.53 bits per heavy atom. The molecule has 1 rings (SSSR count). The predicted molar refractivity (Wildman–Crippen MR) is 84.2 cm³/mol. The lowest BCUT2D eigenvalue weighted by atomic mass is 9.88. The van der Waals surface area contributed by atoms with Crippen LogP contribution in [0.2, 0.25) is 0 Å². The molecule has 1 aromatic rings. The topological polar surface area (TPSA) is 49.3 Å². The molecular weight excluding hydrogens is 326 g/mol. The first-order chi connectivity index (χ1) is 8.93. The monoisotopic (exact) mass is 345 g/mol. The Morgan fingerprint density at radius 2 is 2.26 bits per heavy atom. The van der Waals surface area contributed by atoms with Crippen LogP contribution in [0.4, 0.5) is 0 Å². The van der Waals surface area contributed by atoms with Crippen molar-refractivity contribution >= 4 is 39.2 Å². The molecule has 0 unspecified atom stereocenters. The zero-order chi connectivity index (χ0) is 14.3. The van der Waals surface area contributed by atoms with Crippen LogP contribution in [0.1, 0.15) is 31.6 Å². The molecule has 0 aliphatic rings. The van der Waals surface area contributed by atoms with Gasteiger partial charge in [-0.15, -0.1) is 11.3 Å². The first-order valence-corrected chi connectivity index (χ1v) is 7.86. The van der Waals surface area contributed by atoms with E-state index < -0.39 is 0 Å². The molecule has 0 aliphatic heterocycles. The summed E-state index contributed by atoms with van der Waals surface area (Å²) in [6, 6.07) is 3.92. The Kier molecular flexibility index (Phi) is 6.75. The maximum Gasteiger partial charge on any atom is 0.244 e. The Labute approximate surface area is 126 Å². The fraction of sp³-hybridized carbons (Fsp3) is 0.500. The summed E-state index contributed by atoms with van der Waals surface area (Å²) in [4.78, 5) is 12.7. The molecular formula is C14H20BrNO2S. The van der Waals surface area contributed by atoms with Gasteiger partial charge in [-0.05, 0) is 52.4 Å². The maximum absolute atomic E-state index is 11.7. The normalized spacial score (nSPS) is 12.0. The fourth-order valence-electron chi connectivity index (χ4n) is 1.61. The van der Waals surface area contributed by atoms with Gasteiger partial charge in [-0.3, -0.25) is 4.79 Å². The number of rotatable bonds is 7. The minimum Gasteiger partial charge on any atom is -0.396 e. The summed E-state index contributed by atoms with van der Waals surface area (Å²) in [5.74, 6) is -0.0819. The van der Waals surface area contributed by atoms with Gasteiger partial charge in [-0.1, -0.05) is 13.8 Å². The Morgan fingerprint density at radius 3 is 2.84 bits per heavy atom. The Bertz CT molecular complexity index is 440. The second-order valence-electron chi connectivity index (χ2n) is 5.18. The van der Waals surface area contributed by atoms with Crippen molar-refractivity contribution in [3.05, 3.63) is 26.9 Å². The third kappa shape index (κ3) is 6.89. The number of aliphatic hydroxyl groups is 1. The zero-order valence-corrected chi connectivity index (χ0v) is 13.7. The lowest BCUT2D eigenvalue weighted by molar-refractivity contribution is -0.116. The summed E-state index contributed by atoms with van der Waals surface area (Å²) in [5.41, 5.74) is 0.0121. The van der Waals surface area contributed by atoms with Crippen LogP contribution < -0.4 is 5.32 Å². The third-order valence-electron chi connectivity index (χ3n) is 2.75. The Hall–Kier alpha value is -0.650. The molecule has 3 nitrogen and oxygen atoms in total. The van der Waals surface area contributed by atoms with Crippen molar-refractivity contribution in [2.24, 2.45) is 5.41 Å². The zero-order valence-electron chi connectivity index (χ0n) is 11.3. The lowest BCUT2D eigenvalue weighted by Crippen LogP contribution is -2.33. The Balaban J connectivity index is 2.37. The number of thiophene rings is 1. The van der Waals surface area contributed by atoms with Crippen molar-refractivity contribution in [2.75, 3.05) is 13.2 Å². The van der Waals surface area contributed by atoms with Crippen LogP contribution in [0, 0.1) is 5.41 Å². The van der Waals surface area contributed by atoms with Crippen LogP contribution >= 0.6 is 27.3 Å². The van der Waals surface area contributed by atoms with E-state index in [1.54, 1.807) is 17.4 Å². The van der Waals surface area contributed by atoms with Crippen molar-refractivity contribution < 1.29 is 9.90 Å². The van der Waals surface area contributed by atoms with Crippen molar-refractivity contribution in [1.29, 1.82) is 0 Å². The van der Waals surface area contributed by atoms with Crippen molar-refractivity contribution in [3.63, 3.8) is 0 Å². The van der Waals surface area contributed by atoms with Crippen LogP contribution in [0.15, 0.2) is 22.0 Å². The SMILES string of the molecule is CC(C)(CCCO)CNC(=O)/C=C/c1ccc(Br)s1. The van der Waals surface area contributed by atoms with Crippen molar-refractivity contribution in [1.82, 2.24) is 5.32 Å². The third-order valence-corrected chi connectivity index (χ3v) is 4.33. The minimum atomic E-state index is -0.0819. The average Bonchev–Trinajstić information content (AvgIpc) is 2.77. The standard InChI is InChI=1S/C14H20BrNO2S/c1-14(2,8-3-9-17)10-16-13(18)7-5-11-4-6-12(15)19-11/h4-7,17H,3,8-10H2,1-2H3,(H,16,18)/b7-5+. The largest absolute Gasteiger partial charge is 0.396 e. The van der Waals surface area contributed by atoms with Crippen LogP contribution in [0.25, 0.3) is 6.08 Å². The van der Waals surface area contributed by atoms with Crippen LogP contribution in [0.5, 0.6) is 0 Å². The van der Waals surface area contributed by atoms with E-state index in [2.05, 4.69) is 35.1 Å². The molecule has 0 aliphatic carbocycles. The summed E-state index contributed by atoms with van der Waals surface area (Å²) in [7, 11) is 0. The predicted octanol–water partition coefficient (Wildman–Crippen LogP) is 3.44. The molecule has 2 N–H and O–H groups in total.